The van der Waals surface area contributed by atoms with Gasteiger partial charge in [0, 0.05) is 38.4 Å². The molecule has 1 heterocycles. The van der Waals surface area contributed by atoms with Crippen molar-refractivity contribution in [3.8, 4) is 5.75 Å². The van der Waals surface area contributed by atoms with Crippen molar-refractivity contribution in [3.63, 3.8) is 0 Å². The predicted molar refractivity (Wildman–Crippen MR) is 101 cm³/mol. The maximum absolute atomic E-state index is 12.1. The minimum atomic E-state index is -4.70. The summed E-state index contributed by atoms with van der Waals surface area (Å²) < 4.78 is 40.2. The number of hydrogen-bond acceptors (Lipinski definition) is 4. The molecule has 6 nitrogen and oxygen atoms in total. The molecule has 1 aromatic rings. The lowest BCUT2D eigenvalue weighted by Crippen LogP contribution is -2.46. The normalized spacial score (nSPS) is 17.1. The second kappa shape index (κ2) is 10.4. The number of rotatable bonds is 8. The van der Waals surface area contributed by atoms with Gasteiger partial charge in [0.2, 0.25) is 0 Å². The Bertz CT molecular complexity index is 584. The predicted octanol–water partition coefficient (Wildman–Crippen LogP) is 2.73. The van der Waals surface area contributed by atoms with E-state index in [0.29, 0.717) is 12.2 Å². The summed E-state index contributed by atoms with van der Waals surface area (Å²) in [4.78, 5) is 9.18. The average Bonchev–Trinajstić information content (AvgIpc) is 2.62. The molecule has 0 aliphatic carbocycles. The van der Waals surface area contributed by atoms with Crippen molar-refractivity contribution in [2.75, 3.05) is 51.1 Å². The minimum Gasteiger partial charge on any atom is -0.406 e. The minimum absolute atomic E-state index is 0.246. The summed E-state index contributed by atoms with van der Waals surface area (Å²) in [5.41, 5.74) is 6.37. The molecule has 1 saturated heterocycles. The molecular weight excluding hydrogens is 359 g/mol. The van der Waals surface area contributed by atoms with Gasteiger partial charge in [0.05, 0.1) is 0 Å². The molecule has 27 heavy (non-hydrogen) atoms. The first kappa shape index (κ1) is 21.3. The smallest absolute Gasteiger partial charge is 0.406 e. The van der Waals surface area contributed by atoms with Gasteiger partial charge in [-0.25, -0.2) is 0 Å². The van der Waals surface area contributed by atoms with Crippen LogP contribution in [0.2, 0.25) is 0 Å². The average molecular weight is 387 g/mol. The molecule has 1 aromatic carbocycles. The molecule has 9 heteroatoms. The van der Waals surface area contributed by atoms with Crippen molar-refractivity contribution in [2.45, 2.75) is 26.1 Å². The number of unbranched alkanes of at least 4 members (excludes halogenated alkanes) is 1. The SMILES string of the molecule is CCN1CCN(CCCCN=C(N)Nc2ccc(OC(F)(F)F)cc2)CC1. The summed E-state index contributed by atoms with van der Waals surface area (Å²) in [6.45, 7) is 9.51. The van der Waals surface area contributed by atoms with Gasteiger partial charge in [-0.3, -0.25) is 4.99 Å². The van der Waals surface area contributed by atoms with Gasteiger partial charge in [-0.1, -0.05) is 6.92 Å². The highest BCUT2D eigenvalue weighted by atomic mass is 19.4. The van der Waals surface area contributed by atoms with Crippen LogP contribution in [0, 0.1) is 0 Å². The largest absolute Gasteiger partial charge is 0.573 e. The van der Waals surface area contributed by atoms with E-state index in [2.05, 4.69) is 31.8 Å². The van der Waals surface area contributed by atoms with Crippen molar-refractivity contribution in [1.82, 2.24) is 9.80 Å². The number of aliphatic imine (C=N–C) groups is 1. The van der Waals surface area contributed by atoms with Gasteiger partial charge in [-0.2, -0.15) is 0 Å². The van der Waals surface area contributed by atoms with E-state index < -0.39 is 6.36 Å². The zero-order chi connectivity index (χ0) is 19.7. The van der Waals surface area contributed by atoms with Gasteiger partial charge >= 0.3 is 6.36 Å². The molecule has 1 aliphatic rings. The van der Waals surface area contributed by atoms with Crippen molar-refractivity contribution >= 4 is 11.6 Å². The zero-order valence-electron chi connectivity index (χ0n) is 15.6. The number of guanidine groups is 1. The highest BCUT2D eigenvalue weighted by molar-refractivity contribution is 5.92. The third kappa shape index (κ3) is 8.49. The summed E-state index contributed by atoms with van der Waals surface area (Å²) in [7, 11) is 0. The van der Waals surface area contributed by atoms with E-state index in [0.717, 1.165) is 52.1 Å². The number of nitrogens with one attached hydrogen (secondary N) is 1. The molecule has 1 fully saturated rings. The maximum Gasteiger partial charge on any atom is 0.573 e. The Kier molecular flexibility index (Phi) is 8.18. The summed E-state index contributed by atoms with van der Waals surface area (Å²) >= 11 is 0. The topological polar surface area (TPSA) is 66.1 Å². The highest BCUT2D eigenvalue weighted by Crippen LogP contribution is 2.23. The van der Waals surface area contributed by atoms with E-state index in [9.17, 15) is 13.2 Å². The van der Waals surface area contributed by atoms with Crippen molar-refractivity contribution in [3.05, 3.63) is 24.3 Å². The number of alkyl halides is 3. The molecule has 0 unspecified atom stereocenters. The van der Waals surface area contributed by atoms with Crippen molar-refractivity contribution < 1.29 is 17.9 Å². The molecule has 0 bridgehead atoms. The Balaban J connectivity index is 1.63. The van der Waals surface area contributed by atoms with E-state index in [-0.39, 0.29) is 11.7 Å². The first-order chi connectivity index (χ1) is 12.9. The fraction of sp³-hybridized carbons (Fsp3) is 0.611. The zero-order valence-corrected chi connectivity index (χ0v) is 15.6. The first-order valence-corrected chi connectivity index (χ1v) is 9.23. The van der Waals surface area contributed by atoms with Crippen molar-refractivity contribution in [1.29, 1.82) is 0 Å². The molecule has 3 N–H and O–H groups in total. The lowest BCUT2D eigenvalue weighted by atomic mass is 10.2. The van der Waals surface area contributed by atoms with Crippen LogP contribution in [0.25, 0.3) is 0 Å². The number of nitrogens with zero attached hydrogens (tertiary/aromatic N) is 3. The number of piperazine rings is 1. The number of benzene rings is 1. The van der Waals surface area contributed by atoms with Crippen LogP contribution >= 0.6 is 0 Å². The Labute approximate surface area is 158 Å². The lowest BCUT2D eigenvalue weighted by Gasteiger charge is -2.33. The third-order valence-electron chi connectivity index (χ3n) is 4.44. The van der Waals surface area contributed by atoms with Crippen LogP contribution < -0.4 is 15.8 Å². The molecule has 2 rings (SSSR count). The van der Waals surface area contributed by atoms with Crippen LogP contribution in [0.3, 0.4) is 0 Å². The number of ether oxygens (including phenoxy) is 1. The number of halogens is 3. The lowest BCUT2D eigenvalue weighted by molar-refractivity contribution is -0.274. The maximum atomic E-state index is 12.1. The summed E-state index contributed by atoms with van der Waals surface area (Å²) in [5.74, 6) is -0.0284. The van der Waals surface area contributed by atoms with Gasteiger partial charge in [0.1, 0.15) is 5.75 Å². The second-order valence-electron chi connectivity index (χ2n) is 6.45. The molecule has 0 aromatic heterocycles. The summed E-state index contributed by atoms with van der Waals surface area (Å²) in [5, 5.41) is 2.86. The number of anilines is 1. The molecule has 0 saturated carbocycles. The molecule has 0 radical (unpaired) electrons. The van der Waals surface area contributed by atoms with Crippen molar-refractivity contribution in [2.24, 2.45) is 10.7 Å². The molecular formula is C18H28F3N5O. The van der Waals surface area contributed by atoms with Gasteiger partial charge < -0.3 is 25.6 Å². The van der Waals surface area contributed by atoms with Gasteiger partial charge in [0.15, 0.2) is 5.96 Å². The molecule has 152 valence electrons. The van der Waals surface area contributed by atoms with Crippen LogP contribution in [-0.4, -0.2) is 67.9 Å². The van der Waals surface area contributed by atoms with Crippen LogP contribution in [0.4, 0.5) is 18.9 Å². The van der Waals surface area contributed by atoms with Crippen LogP contribution in [0.15, 0.2) is 29.3 Å². The van der Waals surface area contributed by atoms with Gasteiger partial charge in [0.25, 0.3) is 0 Å². The molecule has 0 spiro atoms. The van der Waals surface area contributed by atoms with Gasteiger partial charge in [-0.05, 0) is 50.2 Å². The van der Waals surface area contributed by atoms with E-state index in [1.165, 1.54) is 24.3 Å². The van der Waals surface area contributed by atoms with Crippen LogP contribution in [0.1, 0.15) is 19.8 Å². The third-order valence-corrected chi connectivity index (χ3v) is 4.44. The van der Waals surface area contributed by atoms with Gasteiger partial charge in [-0.15, -0.1) is 13.2 Å². The first-order valence-electron chi connectivity index (χ1n) is 9.23. The highest BCUT2D eigenvalue weighted by Gasteiger charge is 2.30. The van der Waals surface area contributed by atoms with E-state index >= 15 is 0 Å². The van der Waals surface area contributed by atoms with E-state index in [4.69, 9.17) is 5.73 Å². The fourth-order valence-electron chi connectivity index (χ4n) is 2.90. The standard InChI is InChI=1S/C18H28F3N5O/c1-2-25-11-13-26(14-12-25)10-4-3-9-23-17(22)24-15-5-7-16(8-6-15)27-18(19,20)21/h5-8H,2-4,9-14H2,1H3,(H3,22,23,24). The summed E-state index contributed by atoms with van der Waals surface area (Å²) in [6, 6.07) is 5.36. The molecule has 1 aliphatic heterocycles. The Morgan fingerprint density at radius 2 is 1.74 bits per heavy atom. The fourth-order valence-corrected chi connectivity index (χ4v) is 2.90. The Morgan fingerprint density at radius 1 is 1.11 bits per heavy atom. The summed E-state index contributed by atoms with van der Waals surface area (Å²) in [6.07, 6.45) is -2.69. The number of hydrogen-bond donors (Lipinski definition) is 2. The monoisotopic (exact) mass is 387 g/mol. The Hall–Kier alpha value is -2.00. The second-order valence-corrected chi connectivity index (χ2v) is 6.45. The number of nitrogens with two attached hydrogens (primary N) is 1. The number of likely N-dealkylation sites (N-methyl/N-ethyl adjacent to an activating group) is 1. The van der Waals surface area contributed by atoms with E-state index in [1.54, 1.807) is 0 Å². The molecule has 0 amide bonds. The van der Waals surface area contributed by atoms with Crippen LogP contribution in [0.5, 0.6) is 5.75 Å². The Morgan fingerprint density at radius 3 is 2.33 bits per heavy atom. The molecule has 0 atom stereocenters. The van der Waals surface area contributed by atoms with E-state index in [1.807, 2.05) is 0 Å². The van der Waals surface area contributed by atoms with Crippen LogP contribution in [-0.2, 0) is 0 Å². The quantitative estimate of drug-likeness (QED) is 0.408.